The molecule has 0 spiro atoms. The molecule has 0 radical (unpaired) electrons. The maximum Gasteiger partial charge on any atom is 0.408 e. The summed E-state index contributed by atoms with van der Waals surface area (Å²) in [6.45, 7) is 6.52. The summed E-state index contributed by atoms with van der Waals surface area (Å²) in [6, 6.07) is -0.912. The standard InChI is InChI=1S/C13H23N3O6/c1-8(14-12(19)22-13(2,3)4)11(18)15-9(16-20)6-7-10(17)21-5/h8,20H,6-7H2,1-5H3,(H,14,19)(H,15,16,18). The molecular formula is C13H23N3O6. The van der Waals surface area contributed by atoms with Gasteiger partial charge in [-0.3, -0.25) is 9.59 Å². The van der Waals surface area contributed by atoms with Crippen molar-refractivity contribution in [3.63, 3.8) is 0 Å². The minimum Gasteiger partial charge on any atom is -0.469 e. The van der Waals surface area contributed by atoms with Crippen molar-refractivity contribution in [2.45, 2.75) is 52.2 Å². The van der Waals surface area contributed by atoms with Gasteiger partial charge in [-0.05, 0) is 27.7 Å². The summed E-state index contributed by atoms with van der Waals surface area (Å²) in [5.41, 5.74) is -0.682. The number of hydrogen-bond acceptors (Lipinski definition) is 7. The highest BCUT2D eigenvalue weighted by molar-refractivity contribution is 6.01. The fourth-order valence-corrected chi connectivity index (χ4v) is 1.26. The number of nitrogens with zero attached hydrogens (tertiary/aromatic N) is 1. The summed E-state index contributed by atoms with van der Waals surface area (Å²) in [4.78, 5) is 34.4. The molecule has 0 rings (SSSR count). The van der Waals surface area contributed by atoms with Crippen molar-refractivity contribution in [3.8, 4) is 0 Å². The molecule has 0 aromatic rings. The van der Waals surface area contributed by atoms with E-state index in [0.29, 0.717) is 0 Å². The van der Waals surface area contributed by atoms with E-state index in [0.717, 1.165) is 0 Å². The quantitative estimate of drug-likeness (QED) is 0.226. The van der Waals surface area contributed by atoms with Crippen LogP contribution in [-0.4, -0.2) is 47.8 Å². The van der Waals surface area contributed by atoms with E-state index in [-0.39, 0.29) is 18.7 Å². The van der Waals surface area contributed by atoms with Crippen LogP contribution in [0.15, 0.2) is 5.16 Å². The van der Waals surface area contributed by atoms with Gasteiger partial charge >= 0.3 is 12.1 Å². The van der Waals surface area contributed by atoms with Crippen LogP contribution in [-0.2, 0) is 19.1 Å². The summed E-state index contributed by atoms with van der Waals surface area (Å²) in [7, 11) is 1.23. The molecule has 22 heavy (non-hydrogen) atoms. The molecule has 0 aromatic carbocycles. The van der Waals surface area contributed by atoms with Crippen molar-refractivity contribution in [2.24, 2.45) is 5.16 Å². The van der Waals surface area contributed by atoms with E-state index in [4.69, 9.17) is 9.94 Å². The molecule has 2 amide bonds. The molecule has 0 aliphatic rings. The molecule has 0 aliphatic heterocycles. The number of carbonyl (C=O) groups is 3. The number of ether oxygens (including phenoxy) is 2. The molecule has 9 heteroatoms. The van der Waals surface area contributed by atoms with Crippen LogP contribution in [0.2, 0.25) is 0 Å². The van der Waals surface area contributed by atoms with Crippen molar-refractivity contribution in [1.29, 1.82) is 0 Å². The van der Waals surface area contributed by atoms with E-state index in [1.807, 2.05) is 0 Å². The van der Waals surface area contributed by atoms with Gasteiger partial charge in [0.15, 0.2) is 0 Å². The number of esters is 1. The van der Waals surface area contributed by atoms with Gasteiger partial charge in [-0.1, -0.05) is 5.16 Å². The minimum absolute atomic E-state index is 0.00588. The van der Waals surface area contributed by atoms with E-state index in [1.54, 1.807) is 20.8 Å². The Kier molecular flexibility index (Phi) is 7.92. The summed E-state index contributed by atoms with van der Waals surface area (Å²) in [6.07, 6.45) is -0.801. The lowest BCUT2D eigenvalue weighted by molar-refractivity contribution is -0.140. The number of amidine groups is 1. The van der Waals surface area contributed by atoms with Crippen molar-refractivity contribution in [1.82, 2.24) is 10.6 Å². The molecular weight excluding hydrogens is 294 g/mol. The molecule has 0 saturated carbocycles. The van der Waals surface area contributed by atoms with Crippen LogP contribution in [0.3, 0.4) is 0 Å². The number of rotatable bonds is 5. The maximum atomic E-state index is 11.8. The Labute approximate surface area is 129 Å². The highest BCUT2D eigenvalue weighted by atomic mass is 16.6. The molecule has 9 nitrogen and oxygen atoms in total. The minimum atomic E-state index is -0.912. The van der Waals surface area contributed by atoms with Gasteiger partial charge in [0.05, 0.1) is 13.5 Å². The Balaban J connectivity index is 4.38. The van der Waals surface area contributed by atoms with Gasteiger partial charge in [-0.2, -0.15) is 0 Å². The first-order chi connectivity index (χ1) is 10.1. The second-order valence-electron chi connectivity index (χ2n) is 5.48. The van der Waals surface area contributed by atoms with Gasteiger partial charge < -0.3 is 25.3 Å². The van der Waals surface area contributed by atoms with E-state index >= 15 is 0 Å². The molecule has 0 fully saturated rings. The Morgan fingerprint density at radius 2 is 1.82 bits per heavy atom. The first kappa shape index (κ1) is 19.7. The molecule has 0 saturated heterocycles. The Bertz CT molecular complexity index is 442. The van der Waals surface area contributed by atoms with Crippen LogP contribution >= 0.6 is 0 Å². The largest absolute Gasteiger partial charge is 0.469 e. The Hall–Kier alpha value is -2.32. The normalized spacial score (nSPS) is 13.0. The van der Waals surface area contributed by atoms with Gasteiger partial charge in [-0.25, -0.2) is 4.79 Å². The highest BCUT2D eigenvalue weighted by Gasteiger charge is 2.22. The maximum absolute atomic E-state index is 11.8. The van der Waals surface area contributed by atoms with Crippen molar-refractivity contribution in [2.75, 3.05) is 7.11 Å². The summed E-state index contributed by atoms with van der Waals surface area (Å²) in [5.74, 6) is -1.22. The third-order valence-electron chi connectivity index (χ3n) is 2.31. The zero-order valence-electron chi connectivity index (χ0n) is 13.4. The lowest BCUT2D eigenvalue weighted by Gasteiger charge is -2.21. The average Bonchev–Trinajstić information content (AvgIpc) is 2.40. The number of nitrogens with one attached hydrogen (secondary N) is 2. The molecule has 1 unspecified atom stereocenters. The number of amides is 2. The smallest absolute Gasteiger partial charge is 0.408 e. The molecule has 0 heterocycles. The highest BCUT2D eigenvalue weighted by Crippen LogP contribution is 2.06. The van der Waals surface area contributed by atoms with Crippen LogP contribution in [0.5, 0.6) is 0 Å². The zero-order valence-corrected chi connectivity index (χ0v) is 13.4. The average molecular weight is 317 g/mol. The number of carbonyl (C=O) groups excluding carboxylic acids is 3. The predicted molar refractivity (Wildman–Crippen MR) is 77.4 cm³/mol. The van der Waals surface area contributed by atoms with Gasteiger partial charge in [0, 0.05) is 6.42 Å². The van der Waals surface area contributed by atoms with Crippen LogP contribution < -0.4 is 10.6 Å². The van der Waals surface area contributed by atoms with Crippen LogP contribution in [0.1, 0.15) is 40.5 Å². The molecule has 126 valence electrons. The van der Waals surface area contributed by atoms with E-state index < -0.39 is 29.6 Å². The van der Waals surface area contributed by atoms with Gasteiger partial charge in [0.25, 0.3) is 0 Å². The second kappa shape index (κ2) is 8.85. The van der Waals surface area contributed by atoms with Crippen molar-refractivity contribution >= 4 is 23.8 Å². The van der Waals surface area contributed by atoms with E-state index in [2.05, 4.69) is 20.5 Å². The fraction of sp³-hybridized carbons (Fsp3) is 0.692. The second-order valence-corrected chi connectivity index (χ2v) is 5.48. The molecule has 0 aliphatic carbocycles. The molecule has 0 aromatic heterocycles. The van der Waals surface area contributed by atoms with Crippen molar-refractivity contribution in [3.05, 3.63) is 0 Å². The number of methoxy groups -OCH3 is 1. The Morgan fingerprint density at radius 3 is 2.27 bits per heavy atom. The third-order valence-corrected chi connectivity index (χ3v) is 2.31. The molecule has 3 N–H and O–H groups in total. The SMILES string of the molecule is COC(=O)CC/C(=N\O)NC(=O)C(C)NC(=O)OC(C)(C)C. The summed E-state index contributed by atoms with van der Waals surface area (Å²) in [5, 5.41) is 16.3. The van der Waals surface area contributed by atoms with Crippen LogP contribution in [0, 0.1) is 0 Å². The van der Waals surface area contributed by atoms with Crippen molar-refractivity contribution < 1.29 is 29.1 Å². The zero-order chi connectivity index (χ0) is 17.3. The first-order valence-corrected chi connectivity index (χ1v) is 6.67. The lowest BCUT2D eigenvalue weighted by Crippen LogP contribution is -2.48. The predicted octanol–water partition coefficient (Wildman–Crippen LogP) is 0.757. The third kappa shape index (κ3) is 8.77. The summed E-state index contributed by atoms with van der Waals surface area (Å²) < 4.78 is 9.45. The van der Waals surface area contributed by atoms with Crippen LogP contribution in [0.4, 0.5) is 4.79 Å². The lowest BCUT2D eigenvalue weighted by atomic mass is 10.2. The van der Waals surface area contributed by atoms with Gasteiger partial charge in [0.1, 0.15) is 17.5 Å². The number of oxime groups is 1. The monoisotopic (exact) mass is 317 g/mol. The number of hydrogen-bond donors (Lipinski definition) is 3. The number of alkyl carbamates (subject to hydrolysis) is 1. The molecule has 1 atom stereocenters. The fourth-order valence-electron chi connectivity index (χ4n) is 1.26. The Morgan fingerprint density at radius 1 is 1.23 bits per heavy atom. The summed E-state index contributed by atoms with van der Waals surface area (Å²) >= 11 is 0. The first-order valence-electron chi connectivity index (χ1n) is 6.67. The topological polar surface area (TPSA) is 126 Å². The molecule has 0 bridgehead atoms. The van der Waals surface area contributed by atoms with Crippen LogP contribution in [0.25, 0.3) is 0 Å². The van der Waals surface area contributed by atoms with E-state index in [9.17, 15) is 14.4 Å². The van der Waals surface area contributed by atoms with Gasteiger partial charge in [-0.15, -0.1) is 0 Å². The van der Waals surface area contributed by atoms with E-state index in [1.165, 1.54) is 14.0 Å². The van der Waals surface area contributed by atoms with Gasteiger partial charge in [0.2, 0.25) is 5.91 Å².